The molecule has 1 atom stereocenters. The maximum atomic E-state index is 12.2. The van der Waals surface area contributed by atoms with Crippen LogP contribution in [-0.2, 0) is 10.0 Å². The van der Waals surface area contributed by atoms with Crippen molar-refractivity contribution in [1.82, 2.24) is 4.72 Å². The van der Waals surface area contributed by atoms with Crippen LogP contribution in [0.4, 0.5) is 0 Å². The Labute approximate surface area is 113 Å². The number of nitrogens with one attached hydrogen (secondary N) is 1. The van der Waals surface area contributed by atoms with Gasteiger partial charge in [-0.2, -0.15) is 0 Å². The van der Waals surface area contributed by atoms with Gasteiger partial charge in [0.1, 0.15) is 0 Å². The fourth-order valence-corrected chi connectivity index (χ4v) is 3.51. The second kappa shape index (κ2) is 6.52. The Kier molecular flexibility index (Phi) is 5.59. The Hall–Kier alpha value is -0.620. The summed E-state index contributed by atoms with van der Waals surface area (Å²) in [6.07, 6.45) is 1.02. The first kappa shape index (κ1) is 15.4. The van der Waals surface area contributed by atoms with Gasteiger partial charge in [0, 0.05) is 17.7 Å². The molecule has 0 aliphatic rings. The van der Waals surface area contributed by atoms with Crippen molar-refractivity contribution in [2.45, 2.75) is 37.6 Å². The molecular weight excluding hydrogens is 274 g/mol. The molecule has 0 aliphatic heterocycles. The molecule has 18 heavy (non-hydrogen) atoms. The molecular formula is C12H18ClNO3S. The van der Waals surface area contributed by atoms with Gasteiger partial charge in [0.15, 0.2) is 0 Å². The van der Waals surface area contributed by atoms with E-state index >= 15 is 0 Å². The zero-order chi connectivity index (χ0) is 13.8. The quantitative estimate of drug-likeness (QED) is 0.843. The Bertz CT molecular complexity index is 502. The third kappa shape index (κ3) is 3.95. The van der Waals surface area contributed by atoms with E-state index < -0.39 is 10.0 Å². The van der Waals surface area contributed by atoms with Crippen LogP contribution in [0.2, 0.25) is 5.02 Å². The molecule has 0 heterocycles. The molecule has 0 aromatic heterocycles. The maximum absolute atomic E-state index is 12.2. The van der Waals surface area contributed by atoms with Crippen molar-refractivity contribution in [2.24, 2.45) is 0 Å². The average Bonchev–Trinajstić information content (AvgIpc) is 2.31. The highest BCUT2D eigenvalue weighted by atomic mass is 35.5. The molecule has 0 fully saturated rings. The zero-order valence-corrected chi connectivity index (χ0v) is 12.1. The smallest absolute Gasteiger partial charge is 0.241 e. The summed E-state index contributed by atoms with van der Waals surface area (Å²) in [7, 11) is -3.59. The second-order valence-electron chi connectivity index (χ2n) is 4.15. The number of rotatable bonds is 6. The van der Waals surface area contributed by atoms with Crippen molar-refractivity contribution in [1.29, 1.82) is 0 Å². The molecule has 6 heteroatoms. The van der Waals surface area contributed by atoms with Crippen molar-refractivity contribution >= 4 is 21.6 Å². The highest BCUT2D eigenvalue weighted by molar-refractivity contribution is 7.89. The highest BCUT2D eigenvalue weighted by Crippen LogP contribution is 2.20. The summed E-state index contributed by atoms with van der Waals surface area (Å²) in [5.41, 5.74) is 0.644. The van der Waals surface area contributed by atoms with E-state index in [2.05, 4.69) is 4.72 Å². The van der Waals surface area contributed by atoms with E-state index in [9.17, 15) is 8.42 Å². The fraction of sp³-hybridized carbons (Fsp3) is 0.500. The molecule has 0 saturated heterocycles. The number of aryl methyl sites for hydroxylation is 1. The molecule has 0 spiro atoms. The third-order valence-electron chi connectivity index (χ3n) is 2.73. The predicted octanol–water partition coefficient (Wildman–Crippen LogP) is 2.09. The first-order valence-corrected chi connectivity index (χ1v) is 7.66. The largest absolute Gasteiger partial charge is 0.396 e. The lowest BCUT2D eigenvalue weighted by atomic mass is 10.2. The van der Waals surface area contributed by atoms with Gasteiger partial charge in [0.25, 0.3) is 0 Å². The number of benzene rings is 1. The Morgan fingerprint density at radius 3 is 2.67 bits per heavy atom. The number of sulfonamides is 1. The lowest BCUT2D eigenvalue weighted by molar-refractivity contribution is 0.270. The summed E-state index contributed by atoms with van der Waals surface area (Å²) in [5.74, 6) is 0. The number of hydrogen-bond acceptors (Lipinski definition) is 3. The summed E-state index contributed by atoms with van der Waals surface area (Å²) in [4.78, 5) is 0.186. The minimum Gasteiger partial charge on any atom is -0.396 e. The third-order valence-corrected chi connectivity index (χ3v) is 4.63. The van der Waals surface area contributed by atoms with Gasteiger partial charge in [-0.05, 0) is 37.5 Å². The molecule has 2 N–H and O–H groups in total. The number of halogens is 1. The van der Waals surface area contributed by atoms with Gasteiger partial charge in [0.2, 0.25) is 10.0 Å². The van der Waals surface area contributed by atoms with Crippen LogP contribution in [-0.4, -0.2) is 26.2 Å². The molecule has 4 nitrogen and oxygen atoms in total. The van der Waals surface area contributed by atoms with E-state index in [1.807, 2.05) is 6.92 Å². The lowest BCUT2D eigenvalue weighted by Crippen LogP contribution is -2.35. The highest BCUT2D eigenvalue weighted by Gasteiger charge is 2.20. The number of aliphatic hydroxyl groups excluding tert-OH is 1. The van der Waals surface area contributed by atoms with E-state index in [1.54, 1.807) is 19.1 Å². The molecule has 0 radical (unpaired) electrons. The molecule has 1 aromatic carbocycles. The van der Waals surface area contributed by atoms with Crippen LogP contribution in [0.3, 0.4) is 0 Å². The summed E-state index contributed by atoms with van der Waals surface area (Å²) in [6, 6.07) is 4.49. The predicted molar refractivity (Wildman–Crippen MR) is 72.3 cm³/mol. The van der Waals surface area contributed by atoms with Crippen molar-refractivity contribution < 1.29 is 13.5 Å². The molecule has 0 saturated carbocycles. The summed E-state index contributed by atoms with van der Waals surface area (Å²) in [6.45, 7) is 3.54. The molecule has 1 aromatic rings. The molecule has 0 amide bonds. The number of aliphatic hydroxyl groups is 1. The Balaban J connectivity index is 3.02. The Morgan fingerprint density at radius 2 is 2.11 bits per heavy atom. The van der Waals surface area contributed by atoms with Crippen molar-refractivity contribution in [3.05, 3.63) is 28.8 Å². The van der Waals surface area contributed by atoms with E-state index in [0.29, 0.717) is 23.4 Å². The zero-order valence-electron chi connectivity index (χ0n) is 10.5. The average molecular weight is 292 g/mol. The standard InChI is InChI=1S/C12H18ClNO3S/c1-3-11(6-7-15)14-18(16,17)12-8-10(13)5-4-9(12)2/h4-5,8,11,14-15H,3,6-7H2,1-2H3. The van der Waals surface area contributed by atoms with Crippen molar-refractivity contribution in [3.8, 4) is 0 Å². The first-order chi connectivity index (χ1) is 8.40. The topological polar surface area (TPSA) is 66.4 Å². The SMILES string of the molecule is CCC(CCO)NS(=O)(=O)c1cc(Cl)ccc1C. The van der Waals surface area contributed by atoms with Crippen LogP contribution < -0.4 is 4.72 Å². The number of hydrogen-bond donors (Lipinski definition) is 2. The van der Waals surface area contributed by atoms with E-state index in [1.165, 1.54) is 6.07 Å². The van der Waals surface area contributed by atoms with Crippen molar-refractivity contribution in [2.75, 3.05) is 6.61 Å². The second-order valence-corrected chi connectivity index (χ2v) is 6.27. The van der Waals surface area contributed by atoms with Gasteiger partial charge in [0.05, 0.1) is 4.90 Å². The van der Waals surface area contributed by atoms with Gasteiger partial charge < -0.3 is 5.11 Å². The van der Waals surface area contributed by atoms with Crippen LogP contribution in [0.25, 0.3) is 0 Å². The molecule has 0 aliphatic carbocycles. The van der Waals surface area contributed by atoms with E-state index in [4.69, 9.17) is 16.7 Å². The fourth-order valence-electron chi connectivity index (χ4n) is 1.65. The first-order valence-electron chi connectivity index (χ1n) is 5.80. The summed E-state index contributed by atoms with van der Waals surface area (Å²) >= 11 is 5.82. The van der Waals surface area contributed by atoms with Gasteiger partial charge >= 0.3 is 0 Å². The normalized spacial score (nSPS) is 13.6. The van der Waals surface area contributed by atoms with Gasteiger partial charge in [-0.1, -0.05) is 24.6 Å². The minimum absolute atomic E-state index is 0.0461. The minimum atomic E-state index is -3.59. The molecule has 102 valence electrons. The Morgan fingerprint density at radius 1 is 1.44 bits per heavy atom. The molecule has 0 bridgehead atoms. The summed E-state index contributed by atoms with van der Waals surface area (Å²) in [5, 5.41) is 9.26. The van der Waals surface area contributed by atoms with Crippen molar-refractivity contribution in [3.63, 3.8) is 0 Å². The van der Waals surface area contributed by atoms with Crippen LogP contribution in [0.15, 0.2) is 23.1 Å². The van der Waals surface area contributed by atoms with Crippen LogP contribution >= 0.6 is 11.6 Å². The van der Waals surface area contributed by atoms with Gasteiger partial charge in [-0.15, -0.1) is 0 Å². The van der Waals surface area contributed by atoms with Crippen LogP contribution in [0, 0.1) is 6.92 Å². The molecule has 1 rings (SSSR count). The lowest BCUT2D eigenvalue weighted by Gasteiger charge is -2.17. The van der Waals surface area contributed by atoms with Crippen LogP contribution in [0.5, 0.6) is 0 Å². The monoisotopic (exact) mass is 291 g/mol. The molecule has 1 unspecified atom stereocenters. The van der Waals surface area contributed by atoms with Gasteiger partial charge in [-0.25, -0.2) is 13.1 Å². The maximum Gasteiger partial charge on any atom is 0.241 e. The van der Waals surface area contributed by atoms with Crippen LogP contribution in [0.1, 0.15) is 25.3 Å². The summed E-state index contributed by atoms with van der Waals surface area (Å²) < 4.78 is 27.0. The van der Waals surface area contributed by atoms with E-state index in [-0.39, 0.29) is 17.5 Å². The van der Waals surface area contributed by atoms with Gasteiger partial charge in [-0.3, -0.25) is 0 Å². The van der Waals surface area contributed by atoms with E-state index in [0.717, 1.165) is 0 Å².